The average molecular weight is 436 g/mol. The molecule has 0 fully saturated rings. The largest absolute Gasteiger partial charge is 0.478 e. The Kier molecular flexibility index (Phi) is 6.14. The van der Waals surface area contributed by atoms with Crippen molar-refractivity contribution in [3.63, 3.8) is 0 Å². The van der Waals surface area contributed by atoms with Crippen LogP contribution in [0, 0.1) is 0 Å². The van der Waals surface area contributed by atoms with E-state index in [4.69, 9.17) is 14.0 Å². The SMILES string of the molecule is O=P(O)(O)OP(=O)(O)O[Si](c1ccccc1)(c1ccccc1)c1ccccc1. The zero-order chi connectivity index (χ0) is 20.3. The van der Waals surface area contributed by atoms with Crippen LogP contribution in [0.5, 0.6) is 0 Å². The van der Waals surface area contributed by atoms with E-state index in [2.05, 4.69) is 4.31 Å². The number of hydrogen-bond acceptors (Lipinski definition) is 4. The first-order chi connectivity index (χ1) is 13.2. The molecule has 3 aromatic carbocycles. The molecule has 0 heterocycles. The summed E-state index contributed by atoms with van der Waals surface area (Å²) in [5.74, 6) is 0. The normalized spacial score (nSPS) is 14.4. The molecular formula is C18H18O7P2Si. The van der Waals surface area contributed by atoms with Crippen LogP contribution < -0.4 is 15.6 Å². The van der Waals surface area contributed by atoms with Gasteiger partial charge in [-0.15, -0.1) is 0 Å². The fraction of sp³-hybridized carbons (Fsp3) is 0. The summed E-state index contributed by atoms with van der Waals surface area (Å²) < 4.78 is 33.7. The molecule has 1 atom stereocenters. The molecule has 7 nitrogen and oxygen atoms in total. The Bertz CT molecular complexity index is 913. The highest BCUT2D eigenvalue weighted by molar-refractivity contribution is 7.62. The lowest BCUT2D eigenvalue weighted by atomic mass is 10.3. The van der Waals surface area contributed by atoms with Crippen LogP contribution in [0.4, 0.5) is 0 Å². The van der Waals surface area contributed by atoms with Gasteiger partial charge in [-0.2, -0.15) is 4.31 Å². The predicted octanol–water partition coefficient (Wildman–Crippen LogP) is 1.88. The van der Waals surface area contributed by atoms with Gasteiger partial charge in [-0.1, -0.05) is 91.0 Å². The van der Waals surface area contributed by atoms with E-state index in [0.717, 1.165) is 0 Å². The Balaban J connectivity index is 2.28. The van der Waals surface area contributed by atoms with E-state index in [1.165, 1.54) is 0 Å². The van der Waals surface area contributed by atoms with Gasteiger partial charge in [-0.05, 0) is 15.6 Å². The number of rotatable bonds is 7. The lowest BCUT2D eigenvalue weighted by Crippen LogP contribution is -2.68. The van der Waals surface area contributed by atoms with Crippen LogP contribution in [0.25, 0.3) is 0 Å². The van der Waals surface area contributed by atoms with E-state index >= 15 is 0 Å². The van der Waals surface area contributed by atoms with E-state index in [1.54, 1.807) is 91.0 Å². The van der Waals surface area contributed by atoms with Crippen molar-refractivity contribution in [2.75, 3.05) is 0 Å². The lowest BCUT2D eigenvalue weighted by molar-refractivity contribution is 0.230. The third kappa shape index (κ3) is 4.75. The summed E-state index contributed by atoms with van der Waals surface area (Å²) in [4.78, 5) is 28.3. The van der Waals surface area contributed by atoms with E-state index in [9.17, 15) is 14.0 Å². The Morgan fingerprint density at radius 1 is 0.607 bits per heavy atom. The van der Waals surface area contributed by atoms with E-state index in [0.29, 0.717) is 15.6 Å². The fourth-order valence-corrected chi connectivity index (χ4v) is 10.1. The van der Waals surface area contributed by atoms with Gasteiger partial charge in [0, 0.05) is 0 Å². The van der Waals surface area contributed by atoms with Gasteiger partial charge in [0.1, 0.15) is 0 Å². The monoisotopic (exact) mass is 436 g/mol. The highest BCUT2D eigenvalue weighted by Gasteiger charge is 2.49. The molecule has 0 aromatic heterocycles. The van der Waals surface area contributed by atoms with E-state index in [-0.39, 0.29) is 0 Å². The van der Waals surface area contributed by atoms with Crippen LogP contribution in [0.3, 0.4) is 0 Å². The van der Waals surface area contributed by atoms with E-state index in [1.807, 2.05) is 0 Å². The summed E-state index contributed by atoms with van der Waals surface area (Å²) in [5.41, 5.74) is 0. The second kappa shape index (κ2) is 8.25. The van der Waals surface area contributed by atoms with Crippen LogP contribution >= 0.6 is 15.6 Å². The molecule has 0 radical (unpaired) electrons. The zero-order valence-corrected chi connectivity index (χ0v) is 17.3. The van der Waals surface area contributed by atoms with Gasteiger partial charge in [0.25, 0.3) is 0 Å². The van der Waals surface area contributed by atoms with Gasteiger partial charge in [-0.3, -0.25) is 0 Å². The van der Waals surface area contributed by atoms with Gasteiger partial charge >= 0.3 is 24.0 Å². The van der Waals surface area contributed by atoms with Gasteiger partial charge < -0.3 is 18.9 Å². The third-order valence-electron chi connectivity index (χ3n) is 4.00. The minimum absolute atomic E-state index is 0.621. The summed E-state index contributed by atoms with van der Waals surface area (Å²) in [7, 11) is -14.0. The minimum atomic E-state index is -5.26. The Morgan fingerprint density at radius 2 is 0.929 bits per heavy atom. The van der Waals surface area contributed by atoms with Crippen molar-refractivity contribution in [1.82, 2.24) is 0 Å². The molecule has 10 heteroatoms. The van der Waals surface area contributed by atoms with Crippen LogP contribution in [-0.4, -0.2) is 23.0 Å². The number of phosphoric acid groups is 2. The highest BCUT2D eigenvalue weighted by atomic mass is 31.3. The smallest absolute Gasteiger partial charge is 0.315 e. The quantitative estimate of drug-likeness (QED) is 0.294. The van der Waals surface area contributed by atoms with Crippen molar-refractivity contribution >= 4 is 39.5 Å². The van der Waals surface area contributed by atoms with Crippen molar-refractivity contribution < 1.29 is 32.3 Å². The van der Waals surface area contributed by atoms with Gasteiger partial charge in [0.2, 0.25) is 0 Å². The van der Waals surface area contributed by atoms with Gasteiger partial charge in [0.05, 0.1) is 0 Å². The molecule has 28 heavy (non-hydrogen) atoms. The molecule has 3 aromatic rings. The molecule has 146 valence electrons. The maximum atomic E-state index is 12.6. The minimum Gasteiger partial charge on any atom is -0.315 e. The average Bonchev–Trinajstić information content (AvgIpc) is 2.66. The lowest BCUT2D eigenvalue weighted by Gasteiger charge is -2.33. The van der Waals surface area contributed by atoms with E-state index < -0.39 is 24.0 Å². The van der Waals surface area contributed by atoms with Crippen LogP contribution in [-0.2, 0) is 17.7 Å². The first-order valence-corrected chi connectivity index (χ1v) is 13.1. The Labute approximate surface area is 163 Å². The maximum absolute atomic E-state index is 12.6. The second-order valence-corrected chi connectivity index (χ2v) is 12.3. The maximum Gasteiger partial charge on any atom is 0.478 e. The highest BCUT2D eigenvalue weighted by Crippen LogP contribution is 2.58. The summed E-state index contributed by atoms with van der Waals surface area (Å²) in [6.07, 6.45) is 0. The summed E-state index contributed by atoms with van der Waals surface area (Å²) in [6.45, 7) is 0. The molecule has 0 bridgehead atoms. The molecule has 0 amide bonds. The first-order valence-electron chi connectivity index (χ1n) is 8.20. The molecule has 0 aliphatic carbocycles. The summed E-state index contributed by atoms with van der Waals surface area (Å²) in [6, 6.07) is 26.5. The molecule has 0 saturated heterocycles. The third-order valence-corrected chi connectivity index (χ3v) is 11.1. The standard InChI is InChI=1S/C18H18O7P2Si/c19-26(20,21)24-27(22,23)25-28(16-10-4-1-5-11-16,17-12-6-2-7-13-17)18-14-8-3-9-15-18/h1-15H,(H,22,23)(H2,19,20,21). The molecule has 1 unspecified atom stereocenters. The number of benzene rings is 3. The molecule has 3 rings (SSSR count). The topological polar surface area (TPSA) is 113 Å². The van der Waals surface area contributed by atoms with Crippen molar-refractivity contribution in [1.29, 1.82) is 0 Å². The van der Waals surface area contributed by atoms with Crippen LogP contribution in [0.2, 0.25) is 0 Å². The van der Waals surface area contributed by atoms with Crippen LogP contribution in [0.15, 0.2) is 91.0 Å². The molecular weight excluding hydrogens is 418 g/mol. The van der Waals surface area contributed by atoms with Crippen molar-refractivity contribution in [2.45, 2.75) is 0 Å². The fourth-order valence-electron chi connectivity index (χ4n) is 3.00. The molecule has 0 aliphatic rings. The zero-order valence-electron chi connectivity index (χ0n) is 14.5. The summed E-state index contributed by atoms with van der Waals surface area (Å²) >= 11 is 0. The van der Waals surface area contributed by atoms with Gasteiger partial charge in [-0.25, -0.2) is 9.13 Å². The molecule has 0 aliphatic heterocycles. The number of hydrogen-bond donors (Lipinski definition) is 3. The predicted molar refractivity (Wildman–Crippen MR) is 108 cm³/mol. The first kappa shape index (κ1) is 20.9. The van der Waals surface area contributed by atoms with Crippen LogP contribution in [0.1, 0.15) is 0 Å². The Morgan fingerprint density at radius 3 is 1.21 bits per heavy atom. The van der Waals surface area contributed by atoms with Gasteiger partial charge in [0.15, 0.2) is 0 Å². The van der Waals surface area contributed by atoms with Crippen molar-refractivity contribution in [2.24, 2.45) is 0 Å². The van der Waals surface area contributed by atoms with Crippen molar-refractivity contribution in [3.05, 3.63) is 91.0 Å². The van der Waals surface area contributed by atoms with Crippen molar-refractivity contribution in [3.8, 4) is 0 Å². The molecule has 0 saturated carbocycles. The second-order valence-electron chi connectivity index (χ2n) is 5.91. The Hall–Kier alpha value is -1.86. The molecule has 3 N–H and O–H groups in total. The molecule has 0 spiro atoms. The summed E-state index contributed by atoms with van der Waals surface area (Å²) in [5, 5.41) is 1.86.